The number of rotatable bonds is 5. The molecule has 2 heterocycles. The molecule has 0 N–H and O–H groups in total. The highest BCUT2D eigenvalue weighted by atomic mass is 16.2. The van der Waals surface area contributed by atoms with Crippen molar-refractivity contribution in [2.24, 2.45) is 11.8 Å². The van der Waals surface area contributed by atoms with Crippen LogP contribution in [0.2, 0.25) is 0 Å². The van der Waals surface area contributed by atoms with Crippen LogP contribution in [0.25, 0.3) is 0 Å². The Hall–Kier alpha value is -1.84. The molecule has 4 heteroatoms. The molecule has 1 aromatic carbocycles. The number of amides is 2. The van der Waals surface area contributed by atoms with E-state index in [-0.39, 0.29) is 23.8 Å². The number of benzene rings is 1. The van der Waals surface area contributed by atoms with E-state index in [2.05, 4.69) is 32.9 Å². The lowest BCUT2D eigenvalue weighted by Crippen LogP contribution is -2.50. The number of hydrogen-bond donors (Lipinski definition) is 0. The van der Waals surface area contributed by atoms with E-state index < -0.39 is 0 Å². The third kappa shape index (κ3) is 4.72. The zero-order chi connectivity index (χ0) is 19.4. The summed E-state index contributed by atoms with van der Waals surface area (Å²) in [4.78, 5) is 30.0. The first-order valence-electron chi connectivity index (χ1n) is 10.6. The molecule has 2 amide bonds. The van der Waals surface area contributed by atoms with E-state index >= 15 is 0 Å². The van der Waals surface area contributed by atoms with E-state index in [1.54, 1.807) is 0 Å². The van der Waals surface area contributed by atoms with E-state index in [9.17, 15) is 9.59 Å². The predicted octanol–water partition coefficient (Wildman–Crippen LogP) is 4.07. The molecular weight excluding hydrogens is 336 g/mol. The van der Waals surface area contributed by atoms with Gasteiger partial charge in [0.25, 0.3) is 0 Å². The topological polar surface area (TPSA) is 40.6 Å². The van der Waals surface area contributed by atoms with E-state index in [4.69, 9.17) is 0 Å². The molecular formula is C23H34N2O2. The van der Waals surface area contributed by atoms with Gasteiger partial charge in [0.05, 0.1) is 0 Å². The summed E-state index contributed by atoms with van der Waals surface area (Å²) < 4.78 is 0. The summed E-state index contributed by atoms with van der Waals surface area (Å²) in [6.07, 6.45) is 4.40. The fraction of sp³-hybridized carbons (Fsp3) is 0.652. The largest absolute Gasteiger partial charge is 0.341 e. The van der Waals surface area contributed by atoms with Crippen molar-refractivity contribution in [2.45, 2.75) is 64.8 Å². The first-order chi connectivity index (χ1) is 13.0. The Morgan fingerprint density at radius 3 is 2.33 bits per heavy atom. The van der Waals surface area contributed by atoms with Crippen molar-refractivity contribution in [2.75, 3.05) is 19.6 Å². The van der Waals surface area contributed by atoms with E-state index in [1.165, 1.54) is 5.56 Å². The molecule has 0 aromatic heterocycles. The molecule has 1 aromatic rings. The van der Waals surface area contributed by atoms with Crippen LogP contribution >= 0.6 is 0 Å². The van der Waals surface area contributed by atoms with Gasteiger partial charge in [0.15, 0.2) is 0 Å². The molecule has 2 fully saturated rings. The van der Waals surface area contributed by atoms with Crippen LogP contribution in [-0.4, -0.2) is 47.3 Å². The highest BCUT2D eigenvalue weighted by Crippen LogP contribution is 2.31. The van der Waals surface area contributed by atoms with Crippen LogP contribution in [0, 0.1) is 11.8 Å². The van der Waals surface area contributed by atoms with Gasteiger partial charge in [-0.15, -0.1) is 0 Å². The third-order valence-electron chi connectivity index (χ3n) is 6.38. The normalized spacial score (nSPS) is 22.3. The lowest BCUT2D eigenvalue weighted by molar-refractivity contribution is -0.145. The van der Waals surface area contributed by atoms with Crippen LogP contribution in [0.15, 0.2) is 30.3 Å². The Morgan fingerprint density at radius 1 is 1.04 bits per heavy atom. The minimum Gasteiger partial charge on any atom is -0.341 e. The zero-order valence-electron chi connectivity index (χ0n) is 17.1. The highest BCUT2D eigenvalue weighted by molar-refractivity contribution is 5.88. The minimum atomic E-state index is -0.241. The van der Waals surface area contributed by atoms with Gasteiger partial charge in [-0.1, -0.05) is 51.1 Å². The molecule has 0 spiro atoms. The SMILES string of the molecule is CC1CCN(C(=O)[C@H]2CCCN2C(=O)CC(c2ccccc2)C(C)C)CC1. The number of piperidine rings is 1. The summed E-state index contributed by atoms with van der Waals surface area (Å²) in [5, 5.41) is 0. The van der Waals surface area contributed by atoms with Gasteiger partial charge in [-0.2, -0.15) is 0 Å². The van der Waals surface area contributed by atoms with Gasteiger partial charge in [-0.25, -0.2) is 0 Å². The van der Waals surface area contributed by atoms with Crippen LogP contribution in [0.3, 0.4) is 0 Å². The molecule has 2 atom stereocenters. The molecule has 3 rings (SSSR count). The fourth-order valence-electron chi connectivity index (χ4n) is 4.51. The average Bonchev–Trinajstić information content (AvgIpc) is 3.16. The van der Waals surface area contributed by atoms with Crippen LogP contribution in [0.1, 0.15) is 64.4 Å². The third-order valence-corrected chi connectivity index (χ3v) is 6.38. The van der Waals surface area contributed by atoms with Crippen molar-refractivity contribution < 1.29 is 9.59 Å². The second kappa shape index (κ2) is 8.90. The molecule has 4 nitrogen and oxygen atoms in total. The van der Waals surface area contributed by atoms with Gasteiger partial charge in [0.1, 0.15) is 6.04 Å². The Bertz CT molecular complexity index is 635. The van der Waals surface area contributed by atoms with Crippen LogP contribution in [-0.2, 0) is 9.59 Å². The highest BCUT2D eigenvalue weighted by Gasteiger charge is 2.38. The lowest BCUT2D eigenvalue weighted by atomic mass is 9.85. The summed E-state index contributed by atoms with van der Waals surface area (Å²) in [6.45, 7) is 9.01. The minimum absolute atomic E-state index is 0.138. The van der Waals surface area contributed by atoms with E-state index in [0.717, 1.165) is 45.3 Å². The van der Waals surface area contributed by atoms with Crippen molar-refractivity contribution in [3.8, 4) is 0 Å². The molecule has 2 aliphatic rings. The van der Waals surface area contributed by atoms with Crippen molar-refractivity contribution in [1.29, 1.82) is 0 Å². The molecule has 0 bridgehead atoms. The Labute approximate surface area is 163 Å². The van der Waals surface area contributed by atoms with Crippen molar-refractivity contribution in [1.82, 2.24) is 9.80 Å². The number of hydrogen-bond acceptors (Lipinski definition) is 2. The maximum absolute atomic E-state index is 13.1. The zero-order valence-corrected chi connectivity index (χ0v) is 17.1. The number of carbonyl (C=O) groups excluding carboxylic acids is 2. The molecule has 2 saturated heterocycles. The molecule has 2 aliphatic heterocycles. The van der Waals surface area contributed by atoms with Gasteiger partial charge in [-0.3, -0.25) is 9.59 Å². The maximum atomic E-state index is 13.1. The number of nitrogens with zero attached hydrogens (tertiary/aromatic N) is 2. The first-order valence-corrected chi connectivity index (χ1v) is 10.6. The maximum Gasteiger partial charge on any atom is 0.245 e. The van der Waals surface area contributed by atoms with Crippen LogP contribution < -0.4 is 0 Å². The smallest absolute Gasteiger partial charge is 0.245 e. The molecule has 1 unspecified atom stereocenters. The molecule has 148 valence electrons. The Morgan fingerprint density at radius 2 is 1.70 bits per heavy atom. The summed E-state index contributed by atoms with van der Waals surface area (Å²) in [5.74, 6) is 1.60. The predicted molar refractivity (Wildman–Crippen MR) is 108 cm³/mol. The summed E-state index contributed by atoms with van der Waals surface area (Å²) >= 11 is 0. The summed E-state index contributed by atoms with van der Waals surface area (Å²) in [6, 6.07) is 10.1. The standard InChI is InChI=1S/C23H34N2O2/c1-17(2)20(19-8-5-4-6-9-19)16-22(26)25-13-7-10-21(25)23(27)24-14-11-18(3)12-15-24/h4-6,8-9,17-18,20-21H,7,10-16H2,1-3H3/t20?,21-/m1/s1. The van der Waals surface area contributed by atoms with Gasteiger partial charge in [0, 0.05) is 26.1 Å². The van der Waals surface area contributed by atoms with Crippen LogP contribution in [0.5, 0.6) is 0 Å². The quantitative estimate of drug-likeness (QED) is 0.784. The van der Waals surface area contributed by atoms with Gasteiger partial charge in [-0.05, 0) is 49.0 Å². The van der Waals surface area contributed by atoms with E-state index in [1.807, 2.05) is 28.0 Å². The molecule has 27 heavy (non-hydrogen) atoms. The fourth-order valence-corrected chi connectivity index (χ4v) is 4.51. The number of likely N-dealkylation sites (tertiary alicyclic amines) is 2. The summed E-state index contributed by atoms with van der Waals surface area (Å²) in [7, 11) is 0. The van der Waals surface area contributed by atoms with E-state index in [0.29, 0.717) is 18.3 Å². The van der Waals surface area contributed by atoms with Crippen molar-refractivity contribution >= 4 is 11.8 Å². The Kier molecular flexibility index (Phi) is 6.56. The lowest BCUT2D eigenvalue weighted by Gasteiger charge is -2.35. The van der Waals surface area contributed by atoms with Crippen molar-refractivity contribution in [3.05, 3.63) is 35.9 Å². The van der Waals surface area contributed by atoms with Crippen molar-refractivity contribution in [3.63, 3.8) is 0 Å². The second-order valence-electron chi connectivity index (χ2n) is 8.72. The van der Waals surface area contributed by atoms with Crippen LogP contribution in [0.4, 0.5) is 0 Å². The second-order valence-corrected chi connectivity index (χ2v) is 8.72. The van der Waals surface area contributed by atoms with Gasteiger partial charge >= 0.3 is 0 Å². The molecule has 0 aliphatic carbocycles. The average molecular weight is 371 g/mol. The number of carbonyl (C=O) groups is 2. The Balaban J connectivity index is 1.66. The summed E-state index contributed by atoms with van der Waals surface area (Å²) in [5.41, 5.74) is 1.22. The monoisotopic (exact) mass is 370 g/mol. The molecule has 0 radical (unpaired) electrons. The van der Waals surface area contributed by atoms with Gasteiger partial charge < -0.3 is 9.80 Å². The van der Waals surface area contributed by atoms with Gasteiger partial charge in [0.2, 0.25) is 11.8 Å². The molecule has 0 saturated carbocycles. The first kappa shape index (κ1) is 19.9.